The molecule has 1 atom stereocenters. The maximum atomic E-state index is 5.87. The van der Waals surface area contributed by atoms with E-state index in [0.29, 0.717) is 11.7 Å². The van der Waals surface area contributed by atoms with Crippen LogP contribution in [0.1, 0.15) is 43.9 Å². The van der Waals surface area contributed by atoms with E-state index in [1.54, 1.807) is 24.7 Å². The zero-order chi connectivity index (χ0) is 26.2. The van der Waals surface area contributed by atoms with E-state index < -0.39 is 0 Å². The summed E-state index contributed by atoms with van der Waals surface area (Å²) in [5, 5.41) is 4.43. The maximum absolute atomic E-state index is 5.87. The second kappa shape index (κ2) is 18.0. The predicted molar refractivity (Wildman–Crippen MR) is 153 cm³/mol. The smallest absolute Gasteiger partial charge is 0.658 e. The Morgan fingerprint density at radius 1 is 1.22 bits per heavy atom. The molecular formula is C29H37N7V. The predicted octanol–water partition coefficient (Wildman–Crippen LogP) is 5.97. The Labute approximate surface area is 233 Å². The summed E-state index contributed by atoms with van der Waals surface area (Å²) in [6.07, 6.45) is 13.4. The first kappa shape index (κ1) is 31.6. The Balaban J connectivity index is 0.000000338. The van der Waals surface area contributed by atoms with Crippen LogP contribution in [0.25, 0.3) is 28.5 Å². The summed E-state index contributed by atoms with van der Waals surface area (Å²) < 4.78 is 2.13. The van der Waals surface area contributed by atoms with Crippen molar-refractivity contribution in [3.05, 3.63) is 104 Å². The second-order valence-electron chi connectivity index (χ2n) is 7.78. The van der Waals surface area contributed by atoms with E-state index in [2.05, 4.69) is 56.8 Å². The van der Waals surface area contributed by atoms with E-state index >= 15 is 0 Å². The van der Waals surface area contributed by atoms with Crippen LogP contribution in [-0.4, -0.2) is 44.9 Å². The molecule has 193 valence electrons. The standard InChI is InChI=1S/C14H16N3.C13H17N4.C2H4.V/c1-4-8-13-16-11(3)14(17(13)5-2)12-9-6-7-10-15-12;14-12(13-5-1-2-7-17-13)6-9-15-10-11-4-3-8-16-11;1-2;/h4,6-10H,3,5H2,1-2H3;1-2,5-7,9,11H,3-4,8,10,14H2;1-2H2;/q2*-1;;+2/b8-4-;12-6-,15-9?;;/t;11-;;/m.0../s1. The van der Waals surface area contributed by atoms with E-state index in [9.17, 15) is 0 Å². The first-order valence-corrected chi connectivity index (χ1v) is 12.1. The third-order valence-electron chi connectivity index (χ3n) is 5.33. The van der Waals surface area contributed by atoms with Crippen molar-refractivity contribution >= 4 is 18.0 Å². The van der Waals surface area contributed by atoms with Gasteiger partial charge in [0.25, 0.3) is 0 Å². The molecule has 0 saturated carbocycles. The van der Waals surface area contributed by atoms with Crippen LogP contribution >= 0.6 is 0 Å². The minimum atomic E-state index is 0. The summed E-state index contributed by atoms with van der Waals surface area (Å²) in [7, 11) is 0. The van der Waals surface area contributed by atoms with Crippen molar-refractivity contribution in [2.75, 3.05) is 13.1 Å². The van der Waals surface area contributed by atoms with Crippen molar-refractivity contribution < 1.29 is 18.6 Å². The molecule has 0 aromatic carbocycles. The van der Waals surface area contributed by atoms with Gasteiger partial charge in [0.2, 0.25) is 0 Å². The van der Waals surface area contributed by atoms with Gasteiger partial charge in [-0.05, 0) is 44.2 Å². The Bertz CT molecular complexity index is 1120. The van der Waals surface area contributed by atoms with Crippen molar-refractivity contribution in [3.8, 4) is 11.4 Å². The molecule has 3 aromatic heterocycles. The van der Waals surface area contributed by atoms with Crippen LogP contribution < -0.4 is 5.73 Å². The van der Waals surface area contributed by atoms with Gasteiger partial charge in [0.1, 0.15) is 5.82 Å². The molecule has 0 unspecified atom stereocenters. The Kier molecular flexibility index (Phi) is 15.4. The monoisotopic (exact) mass is 534 g/mol. The van der Waals surface area contributed by atoms with Gasteiger partial charge in [0, 0.05) is 37.4 Å². The van der Waals surface area contributed by atoms with Crippen LogP contribution in [0, 0.1) is 6.92 Å². The van der Waals surface area contributed by atoms with E-state index in [1.165, 1.54) is 6.42 Å². The molecule has 0 aliphatic carbocycles. The molecular weight excluding hydrogens is 497 g/mol. The van der Waals surface area contributed by atoms with Crippen molar-refractivity contribution in [2.45, 2.75) is 39.3 Å². The summed E-state index contributed by atoms with van der Waals surface area (Å²) in [5.74, 6) is 0.931. The molecule has 0 amide bonds. The zero-order valence-corrected chi connectivity index (χ0v) is 23.3. The van der Waals surface area contributed by atoms with Crippen molar-refractivity contribution in [3.63, 3.8) is 0 Å². The molecule has 1 aliphatic heterocycles. The van der Waals surface area contributed by atoms with Crippen LogP contribution in [0.2, 0.25) is 0 Å². The van der Waals surface area contributed by atoms with Gasteiger partial charge in [-0.25, -0.2) is 6.92 Å². The van der Waals surface area contributed by atoms with E-state index in [1.807, 2.05) is 55.5 Å². The fraction of sp³-hybridized carbons (Fsp3) is 0.276. The number of pyridine rings is 2. The number of nitrogens with two attached hydrogens (primary N) is 1. The molecule has 0 bridgehead atoms. The molecule has 0 spiro atoms. The van der Waals surface area contributed by atoms with Gasteiger partial charge in [0.15, 0.2) is 0 Å². The fourth-order valence-corrected chi connectivity index (χ4v) is 3.68. The Morgan fingerprint density at radius 3 is 2.51 bits per heavy atom. The normalized spacial score (nSPS) is 15.0. The van der Waals surface area contributed by atoms with Crippen LogP contribution in [-0.2, 0) is 25.1 Å². The quantitative estimate of drug-likeness (QED) is 0.230. The third kappa shape index (κ3) is 9.88. The topological polar surface area (TPSA) is 96.1 Å². The number of imidazole rings is 1. The SMILES string of the molecule is C=C.N/C(=C\C=NC[C@@H]1CCC[N-]1)c1ccccn1.[CH2-]c1nc(/C=C\C)n(CC)c1-c1ccccn1.[V+2]. The Hall–Kier alpha value is -3.39. The molecule has 3 aromatic rings. The summed E-state index contributed by atoms with van der Waals surface area (Å²) in [4.78, 5) is 17.3. The average Bonchev–Trinajstić information content (AvgIpc) is 3.56. The molecule has 37 heavy (non-hydrogen) atoms. The first-order valence-electron chi connectivity index (χ1n) is 12.1. The van der Waals surface area contributed by atoms with E-state index in [4.69, 9.17) is 5.73 Å². The number of aliphatic imine (C=N–C) groups is 1. The number of allylic oxidation sites excluding steroid dienone is 2. The molecule has 1 aliphatic rings. The first-order chi connectivity index (χ1) is 17.6. The molecule has 2 N–H and O–H groups in total. The van der Waals surface area contributed by atoms with Gasteiger partial charge in [-0.2, -0.15) is 0 Å². The molecule has 8 heteroatoms. The minimum Gasteiger partial charge on any atom is -0.658 e. The minimum absolute atomic E-state index is 0. The van der Waals surface area contributed by atoms with Crippen LogP contribution in [0.3, 0.4) is 0 Å². The van der Waals surface area contributed by atoms with Gasteiger partial charge < -0.3 is 15.6 Å². The van der Waals surface area contributed by atoms with Crippen molar-refractivity contribution in [1.29, 1.82) is 0 Å². The largest absolute Gasteiger partial charge is 2.00 e. The number of hydrogen-bond acceptors (Lipinski definition) is 5. The summed E-state index contributed by atoms with van der Waals surface area (Å²) in [6, 6.07) is 11.9. The zero-order valence-electron chi connectivity index (χ0n) is 21.9. The third-order valence-corrected chi connectivity index (χ3v) is 5.33. The number of rotatable bonds is 7. The van der Waals surface area contributed by atoms with Gasteiger partial charge in [-0.1, -0.05) is 48.5 Å². The molecule has 1 radical (unpaired) electrons. The molecule has 1 fully saturated rings. The average molecular weight is 535 g/mol. The van der Waals surface area contributed by atoms with E-state index in [-0.39, 0.29) is 18.6 Å². The molecule has 7 nitrogen and oxygen atoms in total. The van der Waals surface area contributed by atoms with Gasteiger partial charge in [-0.3, -0.25) is 19.9 Å². The second-order valence-corrected chi connectivity index (χ2v) is 7.78. The van der Waals surface area contributed by atoms with Crippen LogP contribution in [0.4, 0.5) is 0 Å². The molecule has 4 heterocycles. The number of aromatic nitrogens is 4. The van der Waals surface area contributed by atoms with E-state index in [0.717, 1.165) is 54.7 Å². The number of hydrogen-bond donors (Lipinski definition) is 1. The molecule has 4 rings (SSSR count). The summed E-state index contributed by atoms with van der Waals surface area (Å²) in [6.45, 7) is 16.7. The van der Waals surface area contributed by atoms with Crippen LogP contribution in [0.15, 0.2) is 79.1 Å². The van der Waals surface area contributed by atoms with Gasteiger partial charge in [0.05, 0.1) is 11.4 Å². The van der Waals surface area contributed by atoms with Crippen molar-refractivity contribution in [1.82, 2.24) is 19.5 Å². The Morgan fingerprint density at radius 2 is 1.95 bits per heavy atom. The molecule has 1 saturated heterocycles. The summed E-state index contributed by atoms with van der Waals surface area (Å²) >= 11 is 0. The fourth-order valence-electron chi connectivity index (χ4n) is 3.68. The van der Waals surface area contributed by atoms with Gasteiger partial charge >= 0.3 is 18.6 Å². The summed E-state index contributed by atoms with van der Waals surface area (Å²) in [5.41, 5.74) is 9.99. The maximum Gasteiger partial charge on any atom is 2.00 e. The van der Waals surface area contributed by atoms with Gasteiger partial charge in [-0.15, -0.1) is 25.7 Å². The van der Waals surface area contributed by atoms with Crippen LogP contribution in [0.5, 0.6) is 0 Å². The number of nitrogens with zero attached hydrogens (tertiary/aromatic N) is 6. The van der Waals surface area contributed by atoms with Crippen molar-refractivity contribution in [2.24, 2.45) is 10.7 Å².